The number of likely N-dealkylation sites (tertiary alicyclic amines) is 1. The minimum atomic E-state index is 0.674. The van der Waals surface area contributed by atoms with Crippen molar-refractivity contribution in [1.82, 2.24) is 15.2 Å². The molecule has 0 bridgehead atoms. The van der Waals surface area contributed by atoms with Gasteiger partial charge in [-0.3, -0.25) is 4.90 Å². The van der Waals surface area contributed by atoms with Crippen molar-refractivity contribution in [2.24, 2.45) is 11.8 Å². The fourth-order valence-electron chi connectivity index (χ4n) is 4.14. The minimum absolute atomic E-state index is 0.674. The SMILES string of the molecule is c1ccc(CN2CC3CCC(NCc4cscn4)C3C2)cc1. The quantitative estimate of drug-likeness (QED) is 0.919. The summed E-state index contributed by atoms with van der Waals surface area (Å²) in [5.41, 5.74) is 4.55. The first-order valence-electron chi connectivity index (χ1n) is 8.25. The van der Waals surface area contributed by atoms with E-state index in [1.54, 1.807) is 11.3 Å². The molecular weight excluding hydrogens is 290 g/mol. The number of nitrogens with zero attached hydrogens (tertiary/aromatic N) is 2. The number of fused-ring (bicyclic) bond motifs is 1. The minimum Gasteiger partial charge on any atom is -0.308 e. The van der Waals surface area contributed by atoms with E-state index in [1.807, 2.05) is 5.51 Å². The first-order valence-corrected chi connectivity index (χ1v) is 9.19. The van der Waals surface area contributed by atoms with Crippen LogP contribution in [-0.4, -0.2) is 29.0 Å². The maximum absolute atomic E-state index is 4.38. The summed E-state index contributed by atoms with van der Waals surface area (Å²) >= 11 is 1.68. The maximum Gasteiger partial charge on any atom is 0.0795 e. The van der Waals surface area contributed by atoms with E-state index < -0.39 is 0 Å². The van der Waals surface area contributed by atoms with E-state index in [0.717, 1.165) is 24.9 Å². The second-order valence-corrected chi connectivity index (χ2v) is 7.37. The standard InChI is InChI=1S/C18H23N3S/c1-2-4-14(5-3-1)9-21-10-15-6-7-18(17(15)11-21)19-8-16-12-22-13-20-16/h1-5,12-13,15,17-19H,6-11H2. The number of hydrogen-bond acceptors (Lipinski definition) is 4. The third-order valence-corrected chi connectivity index (χ3v) is 5.85. The van der Waals surface area contributed by atoms with Crippen molar-refractivity contribution in [3.63, 3.8) is 0 Å². The van der Waals surface area contributed by atoms with Gasteiger partial charge in [-0.2, -0.15) is 0 Å². The van der Waals surface area contributed by atoms with Crippen LogP contribution in [0.25, 0.3) is 0 Å². The Labute approximate surface area is 136 Å². The molecule has 3 unspecified atom stereocenters. The number of hydrogen-bond donors (Lipinski definition) is 1. The van der Waals surface area contributed by atoms with Crippen LogP contribution in [0, 0.1) is 11.8 Å². The lowest BCUT2D eigenvalue weighted by atomic mass is 9.98. The van der Waals surface area contributed by atoms with Crippen molar-refractivity contribution >= 4 is 11.3 Å². The predicted octanol–water partition coefficient (Wildman–Crippen LogP) is 3.14. The Morgan fingerprint density at radius 3 is 2.91 bits per heavy atom. The predicted molar refractivity (Wildman–Crippen MR) is 90.7 cm³/mol. The lowest BCUT2D eigenvalue weighted by Gasteiger charge is -2.21. The summed E-state index contributed by atoms with van der Waals surface area (Å²) in [5.74, 6) is 1.71. The molecule has 3 atom stereocenters. The molecule has 2 fully saturated rings. The number of rotatable bonds is 5. The second kappa shape index (κ2) is 6.49. The summed E-state index contributed by atoms with van der Waals surface area (Å²) in [6.45, 7) is 4.55. The van der Waals surface area contributed by atoms with E-state index in [2.05, 4.69) is 50.9 Å². The van der Waals surface area contributed by atoms with E-state index in [1.165, 1.54) is 37.2 Å². The zero-order chi connectivity index (χ0) is 14.8. The molecule has 4 heteroatoms. The van der Waals surface area contributed by atoms with Gasteiger partial charge >= 0.3 is 0 Å². The van der Waals surface area contributed by atoms with Gasteiger partial charge in [-0.25, -0.2) is 4.98 Å². The van der Waals surface area contributed by atoms with Gasteiger partial charge in [0, 0.05) is 37.6 Å². The summed E-state index contributed by atoms with van der Waals surface area (Å²) in [6.07, 6.45) is 2.71. The molecule has 1 N–H and O–H groups in total. The molecule has 1 aromatic carbocycles. The summed E-state index contributed by atoms with van der Waals surface area (Å²) in [4.78, 5) is 7.02. The van der Waals surface area contributed by atoms with Crippen LogP contribution >= 0.6 is 11.3 Å². The zero-order valence-electron chi connectivity index (χ0n) is 12.8. The summed E-state index contributed by atoms with van der Waals surface area (Å²) in [5, 5.41) is 5.91. The van der Waals surface area contributed by atoms with Crippen molar-refractivity contribution in [2.45, 2.75) is 32.0 Å². The number of nitrogens with one attached hydrogen (secondary N) is 1. The van der Waals surface area contributed by atoms with Gasteiger partial charge in [0.05, 0.1) is 11.2 Å². The van der Waals surface area contributed by atoms with Crippen LogP contribution in [-0.2, 0) is 13.1 Å². The number of benzene rings is 1. The molecule has 3 nitrogen and oxygen atoms in total. The Hall–Kier alpha value is -1.23. The molecule has 0 amide bonds. The molecule has 2 heterocycles. The van der Waals surface area contributed by atoms with Crippen molar-refractivity contribution in [2.75, 3.05) is 13.1 Å². The Morgan fingerprint density at radius 1 is 1.18 bits per heavy atom. The second-order valence-electron chi connectivity index (χ2n) is 6.65. The lowest BCUT2D eigenvalue weighted by molar-refractivity contribution is 0.288. The molecule has 1 saturated heterocycles. The van der Waals surface area contributed by atoms with Crippen LogP contribution in [0.2, 0.25) is 0 Å². The van der Waals surface area contributed by atoms with Crippen LogP contribution in [0.4, 0.5) is 0 Å². The van der Waals surface area contributed by atoms with Crippen LogP contribution < -0.4 is 5.32 Å². The molecule has 0 radical (unpaired) electrons. The molecule has 1 aliphatic carbocycles. The maximum atomic E-state index is 4.38. The van der Waals surface area contributed by atoms with Crippen LogP contribution in [0.3, 0.4) is 0 Å². The van der Waals surface area contributed by atoms with Crippen molar-refractivity contribution < 1.29 is 0 Å². The first-order chi connectivity index (χ1) is 10.9. The van der Waals surface area contributed by atoms with E-state index in [-0.39, 0.29) is 0 Å². The first kappa shape index (κ1) is 14.4. The molecule has 1 aliphatic heterocycles. The molecule has 116 valence electrons. The molecule has 1 saturated carbocycles. The Balaban J connectivity index is 1.33. The van der Waals surface area contributed by atoms with Gasteiger partial charge in [-0.1, -0.05) is 30.3 Å². The molecule has 1 aromatic heterocycles. The van der Waals surface area contributed by atoms with Crippen molar-refractivity contribution in [3.05, 3.63) is 52.5 Å². The lowest BCUT2D eigenvalue weighted by Crippen LogP contribution is -2.35. The van der Waals surface area contributed by atoms with Gasteiger partial charge in [0.1, 0.15) is 0 Å². The van der Waals surface area contributed by atoms with E-state index in [0.29, 0.717) is 6.04 Å². The van der Waals surface area contributed by atoms with Gasteiger partial charge in [0.15, 0.2) is 0 Å². The fraction of sp³-hybridized carbons (Fsp3) is 0.500. The van der Waals surface area contributed by atoms with Crippen LogP contribution in [0.15, 0.2) is 41.2 Å². The van der Waals surface area contributed by atoms with Gasteiger partial charge in [0.25, 0.3) is 0 Å². The monoisotopic (exact) mass is 313 g/mol. The van der Waals surface area contributed by atoms with Gasteiger partial charge in [-0.15, -0.1) is 11.3 Å². The smallest absolute Gasteiger partial charge is 0.0795 e. The largest absolute Gasteiger partial charge is 0.308 e. The van der Waals surface area contributed by atoms with E-state index >= 15 is 0 Å². The zero-order valence-corrected chi connectivity index (χ0v) is 13.6. The highest BCUT2D eigenvalue weighted by Crippen LogP contribution is 2.38. The molecule has 2 aliphatic rings. The van der Waals surface area contributed by atoms with Crippen molar-refractivity contribution in [1.29, 1.82) is 0 Å². The van der Waals surface area contributed by atoms with E-state index in [9.17, 15) is 0 Å². The molecule has 0 spiro atoms. The average Bonchev–Trinajstić information content (AvgIpc) is 3.24. The molecular formula is C18H23N3S. The summed E-state index contributed by atoms with van der Waals surface area (Å²) in [6, 6.07) is 11.5. The highest BCUT2D eigenvalue weighted by atomic mass is 32.1. The highest BCUT2D eigenvalue weighted by Gasteiger charge is 2.42. The molecule has 2 aromatic rings. The third kappa shape index (κ3) is 3.09. The van der Waals surface area contributed by atoms with Gasteiger partial charge in [-0.05, 0) is 30.2 Å². The summed E-state index contributed by atoms with van der Waals surface area (Å²) in [7, 11) is 0. The van der Waals surface area contributed by atoms with E-state index in [4.69, 9.17) is 0 Å². The number of aromatic nitrogens is 1. The Morgan fingerprint density at radius 2 is 2.09 bits per heavy atom. The fourth-order valence-corrected chi connectivity index (χ4v) is 4.70. The van der Waals surface area contributed by atoms with Crippen LogP contribution in [0.1, 0.15) is 24.1 Å². The highest BCUT2D eigenvalue weighted by molar-refractivity contribution is 7.07. The Bertz CT molecular complexity index is 584. The van der Waals surface area contributed by atoms with Gasteiger partial charge in [0.2, 0.25) is 0 Å². The summed E-state index contributed by atoms with van der Waals surface area (Å²) < 4.78 is 0. The topological polar surface area (TPSA) is 28.2 Å². The molecule has 4 rings (SSSR count). The van der Waals surface area contributed by atoms with Crippen LogP contribution in [0.5, 0.6) is 0 Å². The normalized spacial score (nSPS) is 28.1. The Kier molecular flexibility index (Phi) is 4.24. The molecule has 22 heavy (non-hydrogen) atoms. The third-order valence-electron chi connectivity index (χ3n) is 5.21. The number of thiazole rings is 1. The van der Waals surface area contributed by atoms with Crippen molar-refractivity contribution in [3.8, 4) is 0 Å². The average molecular weight is 313 g/mol. The van der Waals surface area contributed by atoms with Gasteiger partial charge < -0.3 is 5.32 Å².